The number of aryl methyl sites for hydroxylation is 1. The molecule has 2 aromatic rings. The van der Waals surface area contributed by atoms with E-state index in [-0.39, 0.29) is 0 Å². The Balaban J connectivity index is 2.41. The Morgan fingerprint density at radius 2 is 1.93 bits per heavy atom. The van der Waals surface area contributed by atoms with Crippen LogP contribution in [0, 0.1) is 6.92 Å². The van der Waals surface area contributed by atoms with Crippen molar-refractivity contribution in [3.05, 3.63) is 57.8 Å². The molecule has 1 aromatic heterocycles. The van der Waals surface area contributed by atoms with Crippen molar-refractivity contribution in [1.29, 1.82) is 0 Å². The van der Waals surface area contributed by atoms with Crippen molar-refractivity contribution in [2.75, 3.05) is 0 Å². The summed E-state index contributed by atoms with van der Waals surface area (Å²) in [6.07, 6.45) is 0. The van der Waals surface area contributed by atoms with Crippen molar-refractivity contribution in [1.82, 2.24) is 0 Å². The highest BCUT2D eigenvalue weighted by atomic mass is 32.1. The van der Waals surface area contributed by atoms with Crippen LogP contribution >= 0.6 is 11.3 Å². The Morgan fingerprint density at radius 3 is 2.47 bits per heavy atom. The van der Waals surface area contributed by atoms with E-state index in [0.717, 1.165) is 10.4 Å². The first kappa shape index (κ1) is 9.93. The quantitative estimate of drug-likeness (QED) is 0.467. The van der Waals surface area contributed by atoms with Gasteiger partial charge in [-0.15, -0.1) is 11.3 Å². The zero-order valence-corrected chi connectivity index (χ0v) is 9.16. The van der Waals surface area contributed by atoms with Crippen molar-refractivity contribution in [3.63, 3.8) is 0 Å². The third-order valence-electron chi connectivity index (χ3n) is 2.18. The molecule has 15 heavy (non-hydrogen) atoms. The molecule has 1 heterocycles. The van der Waals surface area contributed by atoms with Gasteiger partial charge >= 0.3 is 0 Å². The molecule has 2 rings (SSSR count). The summed E-state index contributed by atoms with van der Waals surface area (Å²) in [6, 6.07) is 11.8. The maximum Gasteiger partial charge on any atom is 0.127 e. The van der Waals surface area contributed by atoms with Gasteiger partial charge in [0, 0.05) is 5.56 Å². The number of hydrogen-bond acceptors (Lipinski definition) is 3. The van der Waals surface area contributed by atoms with E-state index < -0.39 is 0 Å². The molecule has 0 aliphatic heterocycles. The maximum atomic E-state index is 9.02. The number of thiophene rings is 1. The number of nitrogens with zero attached hydrogens (tertiary/aromatic N) is 1. The summed E-state index contributed by atoms with van der Waals surface area (Å²) in [7, 11) is 0. The van der Waals surface area contributed by atoms with Crippen LogP contribution in [0.2, 0.25) is 0 Å². The SMILES string of the molecule is Cc1ccc(/C(=N/O)c2cccs2)cc1. The van der Waals surface area contributed by atoms with Crippen molar-refractivity contribution < 1.29 is 5.21 Å². The third-order valence-corrected chi connectivity index (χ3v) is 3.06. The fraction of sp³-hybridized carbons (Fsp3) is 0.0833. The van der Waals surface area contributed by atoms with E-state index in [1.807, 2.05) is 48.7 Å². The van der Waals surface area contributed by atoms with Crippen molar-refractivity contribution >= 4 is 17.0 Å². The lowest BCUT2D eigenvalue weighted by molar-refractivity contribution is 0.320. The minimum absolute atomic E-state index is 0.630. The first-order valence-corrected chi connectivity index (χ1v) is 5.52. The first-order chi connectivity index (χ1) is 7.31. The summed E-state index contributed by atoms with van der Waals surface area (Å²) in [4.78, 5) is 0.973. The van der Waals surface area contributed by atoms with E-state index in [9.17, 15) is 0 Å². The number of benzene rings is 1. The fourth-order valence-corrected chi connectivity index (χ4v) is 2.11. The van der Waals surface area contributed by atoms with Gasteiger partial charge in [0.2, 0.25) is 0 Å². The molecule has 0 unspecified atom stereocenters. The van der Waals surface area contributed by atoms with E-state index in [1.165, 1.54) is 5.56 Å². The topological polar surface area (TPSA) is 32.6 Å². The lowest BCUT2D eigenvalue weighted by Crippen LogP contribution is -2.00. The highest BCUT2D eigenvalue weighted by Crippen LogP contribution is 2.16. The van der Waals surface area contributed by atoms with Gasteiger partial charge in [-0.3, -0.25) is 0 Å². The number of oxime groups is 1. The normalized spacial score (nSPS) is 11.7. The molecule has 0 aliphatic rings. The smallest absolute Gasteiger partial charge is 0.127 e. The van der Waals surface area contributed by atoms with Gasteiger partial charge in [0.15, 0.2) is 0 Å². The second-order valence-electron chi connectivity index (χ2n) is 3.29. The van der Waals surface area contributed by atoms with Crippen LogP contribution in [0.1, 0.15) is 16.0 Å². The molecule has 0 aliphatic carbocycles. The van der Waals surface area contributed by atoms with Gasteiger partial charge in [0.1, 0.15) is 5.71 Å². The maximum absolute atomic E-state index is 9.02. The average Bonchev–Trinajstić information content (AvgIpc) is 2.75. The summed E-state index contributed by atoms with van der Waals surface area (Å²) < 4.78 is 0. The van der Waals surface area contributed by atoms with Gasteiger partial charge in [-0.1, -0.05) is 41.1 Å². The summed E-state index contributed by atoms with van der Waals surface area (Å²) in [5, 5.41) is 14.3. The Hall–Kier alpha value is -1.61. The molecule has 0 bridgehead atoms. The van der Waals surface area contributed by atoms with Crippen LogP contribution in [0.3, 0.4) is 0 Å². The molecule has 1 aromatic carbocycles. The summed E-state index contributed by atoms with van der Waals surface area (Å²) in [6.45, 7) is 2.03. The monoisotopic (exact) mass is 217 g/mol. The van der Waals surface area contributed by atoms with Crippen LogP contribution < -0.4 is 0 Å². The lowest BCUT2D eigenvalue weighted by atomic mass is 10.1. The zero-order valence-electron chi connectivity index (χ0n) is 8.34. The predicted molar refractivity (Wildman–Crippen MR) is 62.9 cm³/mol. The van der Waals surface area contributed by atoms with E-state index >= 15 is 0 Å². The molecule has 1 N–H and O–H groups in total. The van der Waals surface area contributed by atoms with Crippen LogP contribution in [0.15, 0.2) is 46.9 Å². The summed E-state index contributed by atoms with van der Waals surface area (Å²) in [5.41, 5.74) is 2.76. The van der Waals surface area contributed by atoms with Gasteiger partial charge in [0.25, 0.3) is 0 Å². The highest BCUT2D eigenvalue weighted by molar-refractivity contribution is 7.12. The van der Waals surface area contributed by atoms with Crippen molar-refractivity contribution in [3.8, 4) is 0 Å². The van der Waals surface area contributed by atoms with Gasteiger partial charge in [-0.25, -0.2) is 0 Å². The van der Waals surface area contributed by atoms with E-state index in [2.05, 4.69) is 5.16 Å². The van der Waals surface area contributed by atoms with Gasteiger partial charge in [-0.05, 0) is 18.4 Å². The van der Waals surface area contributed by atoms with Crippen LogP contribution in [0.25, 0.3) is 0 Å². The summed E-state index contributed by atoms with van der Waals surface area (Å²) in [5.74, 6) is 0. The molecule has 0 radical (unpaired) electrons. The standard InChI is InChI=1S/C12H11NOS/c1-9-4-6-10(7-5-9)12(13-14)11-3-2-8-15-11/h2-8,14H,1H3/b13-12-. The minimum atomic E-state index is 0.630. The largest absolute Gasteiger partial charge is 0.410 e. The Kier molecular flexibility index (Phi) is 2.83. The first-order valence-electron chi connectivity index (χ1n) is 4.64. The van der Waals surface area contributed by atoms with Gasteiger partial charge in [0.05, 0.1) is 4.88 Å². The Labute approximate surface area is 92.5 Å². The minimum Gasteiger partial charge on any atom is -0.410 e. The second kappa shape index (κ2) is 4.28. The van der Waals surface area contributed by atoms with E-state index in [0.29, 0.717) is 5.71 Å². The third kappa shape index (κ3) is 2.07. The van der Waals surface area contributed by atoms with Gasteiger partial charge in [-0.2, -0.15) is 0 Å². The molecule has 0 spiro atoms. The molecule has 0 fully saturated rings. The molecule has 2 nitrogen and oxygen atoms in total. The van der Waals surface area contributed by atoms with Crippen LogP contribution in [0.5, 0.6) is 0 Å². The lowest BCUT2D eigenvalue weighted by Gasteiger charge is -2.02. The van der Waals surface area contributed by atoms with E-state index in [1.54, 1.807) is 11.3 Å². The Morgan fingerprint density at radius 1 is 1.20 bits per heavy atom. The molecule has 0 atom stereocenters. The summed E-state index contributed by atoms with van der Waals surface area (Å²) >= 11 is 1.56. The molecule has 0 saturated heterocycles. The van der Waals surface area contributed by atoms with Crippen molar-refractivity contribution in [2.24, 2.45) is 5.16 Å². The van der Waals surface area contributed by atoms with Crippen LogP contribution in [-0.4, -0.2) is 10.9 Å². The highest BCUT2D eigenvalue weighted by Gasteiger charge is 2.07. The number of rotatable bonds is 2. The molecule has 0 amide bonds. The molecular weight excluding hydrogens is 206 g/mol. The second-order valence-corrected chi connectivity index (χ2v) is 4.24. The van der Waals surface area contributed by atoms with Crippen LogP contribution in [0.4, 0.5) is 0 Å². The average molecular weight is 217 g/mol. The zero-order chi connectivity index (χ0) is 10.7. The molecule has 76 valence electrons. The fourth-order valence-electron chi connectivity index (χ4n) is 1.37. The van der Waals surface area contributed by atoms with E-state index in [4.69, 9.17) is 5.21 Å². The molecular formula is C12H11NOS. The number of hydrogen-bond donors (Lipinski definition) is 1. The van der Waals surface area contributed by atoms with Crippen LogP contribution in [-0.2, 0) is 0 Å². The Bertz CT molecular complexity index is 457. The predicted octanol–water partition coefficient (Wildman–Crippen LogP) is 3.28. The van der Waals surface area contributed by atoms with Gasteiger partial charge < -0.3 is 5.21 Å². The van der Waals surface area contributed by atoms with Crippen molar-refractivity contribution in [2.45, 2.75) is 6.92 Å². The molecule has 0 saturated carbocycles. The molecule has 3 heteroatoms.